The SMILES string of the molecule is CCN=C(NC1C2CCOC2C1(C)C)N1CCN(Cc2ccc(OC)c(F)c2)CC1. The molecule has 1 aromatic carbocycles. The summed E-state index contributed by atoms with van der Waals surface area (Å²) in [6, 6.07) is 5.64. The highest BCUT2D eigenvalue weighted by molar-refractivity contribution is 5.80. The highest BCUT2D eigenvalue weighted by Gasteiger charge is 2.59. The van der Waals surface area contributed by atoms with Gasteiger partial charge in [-0.1, -0.05) is 19.9 Å². The highest BCUT2D eigenvalue weighted by atomic mass is 19.1. The van der Waals surface area contributed by atoms with Gasteiger partial charge in [0, 0.05) is 63.3 Å². The number of guanidine groups is 1. The molecule has 3 unspecified atom stereocenters. The van der Waals surface area contributed by atoms with Crippen molar-refractivity contribution in [2.24, 2.45) is 16.3 Å². The van der Waals surface area contributed by atoms with E-state index in [-0.39, 0.29) is 11.2 Å². The lowest BCUT2D eigenvalue weighted by Crippen LogP contribution is -2.68. The Morgan fingerprint density at radius 1 is 1.30 bits per heavy atom. The van der Waals surface area contributed by atoms with Gasteiger partial charge in [-0.25, -0.2) is 4.39 Å². The van der Waals surface area contributed by atoms with Crippen molar-refractivity contribution >= 4 is 5.96 Å². The zero-order chi connectivity index (χ0) is 21.3. The van der Waals surface area contributed by atoms with Gasteiger partial charge in [0.2, 0.25) is 0 Å². The van der Waals surface area contributed by atoms with Crippen LogP contribution in [0.4, 0.5) is 4.39 Å². The fraction of sp³-hybridized carbons (Fsp3) is 0.696. The van der Waals surface area contributed by atoms with E-state index in [0.29, 0.717) is 23.8 Å². The third kappa shape index (κ3) is 4.02. The minimum Gasteiger partial charge on any atom is -0.494 e. The predicted octanol–water partition coefficient (Wildman–Crippen LogP) is 2.73. The number of rotatable bonds is 5. The Hall–Kier alpha value is -1.86. The molecule has 3 fully saturated rings. The topological polar surface area (TPSA) is 49.3 Å². The second-order valence-electron chi connectivity index (χ2n) is 9.22. The number of benzene rings is 1. The van der Waals surface area contributed by atoms with Crippen molar-refractivity contribution in [3.8, 4) is 5.75 Å². The lowest BCUT2D eigenvalue weighted by Gasteiger charge is -2.55. The fourth-order valence-electron chi connectivity index (χ4n) is 5.33. The number of hydrogen-bond acceptors (Lipinski definition) is 4. The Balaban J connectivity index is 1.33. The molecule has 0 aromatic heterocycles. The maximum atomic E-state index is 14.0. The molecule has 166 valence electrons. The smallest absolute Gasteiger partial charge is 0.194 e. The molecule has 7 heteroatoms. The molecule has 0 bridgehead atoms. The van der Waals surface area contributed by atoms with Gasteiger partial charge in [-0.3, -0.25) is 9.89 Å². The number of nitrogens with zero attached hydrogens (tertiary/aromatic N) is 3. The fourth-order valence-corrected chi connectivity index (χ4v) is 5.33. The van der Waals surface area contributed by atoms with Gasteiger partial charge in [-0.05, 0) is 31.0 Å². The van der Waals surface area contributed by atoms with E-state index in [1.807, 2.05) is 6.07 Å². The van der Waals surface area contributed by atoms with Gasteiger partial charge in [-0.2, -0.15) is 0 Å². The van der Waals surface area contributed by atoms with Crippen molar-refractivity contribution in [2.45, 2.75) is 45.9 Å². The molecule has 0 amide bonds. The van der Waals surface area contributed by atoms with Crippen LogP contribution in [0.1, 0.15) is 32.8 Å². The second kappa shape index (κ2) is 8.71. The number of aliphatic imine (C=N–C) groups is 1. The molecular weight excluding hydrogens is 383 g/mol. The van der Waals surface area contributed by atoms with Crippen molar-refractivity contribution in [3.63, 3.8) is 0 Å². The van der Waals surface area contributed by atoms with Crippen LogP contribution in [0.15, 0.2) is 23.2 Å². The van der Waals surface area contributed by atoms with Crippen molar-refractivity contribution in [1.29, 1.82) is 0 Å². The Bertz CT molecular complexity index is 776. The maximum absolute atomic E-state index is 14.0. The van der Waals surface area contributed by atoms with Gasteiger partial charge < -0.3 is 19.7 Å². The lowest BCUT2D eigenvalue weighted by atomic mass is 9.57. The van der Waals surface area contributed by atoms with Gasteiger partial charge in [0.25, 0.3) is 0 Å². The summed E-state index contributed by atoms with van der Waals surface area (Å²) >= 11 is 0. The van der Waals surface area contributed by atoms with Crippen molar-refractivity contribution in [2.75, 3.05) is 46.4 Å². The van der Waals surface area contributed by atoms with Crippen LogP contribution < -0.4 is 10.1 Å². The summed E-state index contributed by atoms with van der Waals surface area (Å²) in [6.45, 7) is 12.8. The summed E-state index contributed by atoms with van der Waals surface area (Å²) in [5.41, 5.74) is 1.11. The van der Waals surface area contributed by atoms with Gasteiger partial charge >= 0.3 is 0 Å². The molecule has 30 heavy (non-hydrogen) atoms. The Morgan fingerprint density at radius 3 is 2.73 bits per heavy atom. The van der Waals surface area contributed by atoms with Crippen LogP contribution in [0.3, 0.4) is 0 Å². The van der Waals surface area contributed by atoms with Crippen molar-refractivity contribution in [1.82, 2.24) is 15.1 Å². The van der Waals surface area contributed by atoms with Gasteiger partial charge in [-0.15, -0.1) is 0 Å². The lowest BCUT2D eigenvalue weighted by molar-refractivity contribution is -0.107. The Kier molecular flexibility index (Phi) is 6.21. The number of nitrogens with one attached hydrogen (secondary N) is 1. The van der Waals surface area contributed by atoms with Crippen molar-refractivity contribution in [3.05, 3.63) is 29.6 Å². The molecule has 2 heterocycles. The third-order valence-corrected chi connectivity index (χ3v) is 6.99. The number of methoxy groups -OCH3 is 1. The van der Waals surface area contributed by atoms with Crippen LogP contribution in [0.2, 0.25) is 0 Å². The minimum absolute atomic E-state index is 0.135. The number of fused-ring (bicyclic) bond motifs is 1. The first-order valence-electron chi connectivity index (χ1n) is 11.2. The molecule has 4 rings (SSSR count). The zero-order valence-electron chi connectivity index (χ0n) is 18.7. The first-order chi connectivity index (χ1) is 14.4. The molecule has 3 atom stereocenters. The summed E-state index contributed by atoms with van der Waals surface area (Å²) in [4.78, 5) is 9.54. The number of ether oxygens (including phenoxy) is 2. The second-order valence-corrected chi connectivity index (χ2v) is 9.22. The standard InChI is InChI=1S/C23H35FN4O2/c1-5-25-22(26-20-17-8-13-30-21(17)23(20,2)3)28-11-9-27(10-12-28)15-16-6-7-19(29-4)18(24)14-16/h6-7,14,17,20-21H,5,8-13,15H2,1-4H3,(H,25,26). The molecular formula is C23H35FN4O2. The average molecular weight is 419 g/mol. The summed E-state index contributed by atoms with van der Waals surface area (Å²) < 4.78 is 24.9. The van der Waals surface area contributed by atoms with Gasteiger partial charge in [0.05, 0.1) is 13.2 Å². The zero-order valence-corrected chi connectivity index (χ0v) is 18.7. The van der Waals surface area contributed by atoms with Gasteiger partial charge in [0.15, 0.2) is 17.5 Å². The van der Waals surface area contributed by atoms with Crippen LogP contribution in [0.5, 0.6) is 5.75 Å². The van der Waals surface area contributed by atoms with Crippen molar-refractivity contribution < 1.29 is 13.9 Å². The van der Waals surface area contributed by atoms with Crippen LogP contribution in [0.25, 0.3) is 0 Å². The van der Waals surface area contributed by atoms with Crippen LogP contribution in [0, 0.1) is 17.2 Å². The quantitative estimate of drug-likeness (QED) is 0.589. The normalized spacial score (nSPS) is 28.8. The largest absolute Gasteiger partial charge is 0.494 e. The van der Waals surface area contributed by atoms with Crippen LogP contribution in [-0.4, -0.2) is 74.3 Å². The number of halogens is 1. The van der Waals surface area contributed by atoms with E-state index in [4.69, 9.17) is 14.5 Å². The molecule has 1 N–H and O–H groups in total. The molecule has 1 aromatic rings. The molecule has 2 aliphatic heterocycles. The molecule has 2 saturated heterocycles. The molecule has 1 aliphatic carbocycles. The van der Waals surface area contributed by atoms with E-state index in [2.05, 4.69) is 35.9 Å². The minimum atomic E-state index is -0.299. The molecule has 0 spiro atoms. The first-order valence-corrected chi connectivity index (χ1v) is 11.2. The Morgan fingerprint density at radius 2 is 2.07 bits per heavy atom. The predicted molar refractivity (Wildman–Crippen MR) is 116 cm³/mol. The van der Waals surface area contributed by atoms with Crippen LogP contribution >= 0.6 is 0 Å². The molecule has 0 radical (unpaired) electrons. The highest BCUT2D eigenvalue weighted by Crippen LogP contribution is 2.52. The van der Waals surface area contributed by atoms with E-state index in [1.165, 1.54) is 7.11 Å². The maximum Gasteiger partial charge on any atom is 0.194 e. The molecule has 6 nitrogen and oxygen atoms in total. The van der Waals surface area contributed by atoms with E-state index in [0.717, 1.165) is 63.8 Å². The summed E-state index contributed by atoms with van der Waals surface area (Å²) in [5.74, 6) is 1.61. The molecule has 1 saturated carbocycles. The summed E-state index contributed by atoms with van der Waals surface area (Å²) in [6.07, 6.45) is 1.51. The summed E-state index contributed by atoms with van der Waals surface area (Å²) in [5, 5.41) is 3.78. The first kappa shape index (κ1) is 21.4. The third-order valence-electron chi connectivity index (χ3n) is 6.99. The number of hydrogen-bond donors (Lipinski definition) is 1. The van der Waals surface area contributed by atoms with Crippen LogP contribution in [-0.2, 0) is 11.3 Å². The average Bonchev–Trinajstić information content (AvgIpc) is 3.19. The van der Waals surface area contributed by atoms with E-state index < -0.39 is 0 Å². The van der Waals surface area contributed by atoms with E-state index in [9.17, 15) is 4.39 Å². The van der Waals surface area contributed by atoms with E-state index in [1.54, 1.807) is 12.1 Å². The Labute approximate surface area is 179 Å². The van der Waals surface area contributed by atoms with Gasteiger partial charge in [0.1, 0.15) is 0 Å². The summed E-state index contributed by atoms with van der Waals surface area (Å²) in [7, 11) is 1.49. The number of piperazine rings is 1. The van der Waals surface area contributed by atoms with E-state index >= 15 is 0 Å². The monoisotopic (exact) mass is 418 g/mol. The molecule has 3 aliphatic rings.